The van der Waals surface area contributed by atoms with Crippen molar-refractivity contribution in [3.05, 3.63) is 57.0 Å². The Morgan fingerprint density at radius 1 is 1.03 bits per heavy atom. The van der Waals surface area contributed by atoms with Crippen LogP contribution in [0.2, 0.25) is 0 Å². The summed E-state index contributed by atoms with van der Waals surface area (Å²) in [5.41, 5.74) is 6.21. The van der Waals surface area contributed by atoms with Gasteiger partial charge in [-0.05, 0) is 64.2 Å². The number of aryl methyl sites for hydroxylation is 1. The quantitative estimate of drug-likeness (QED) is 0.261. The number of rotatable bonds is 8. The van der Waals surface area contributed by atoms with Gasteiger partial charge in [0.1, 0.15) is 5.75 Å². The summed E-state index contributed by atoms with van der Waals surface area (Å²) in [5.74, 6) is 2.39. The lowest BCUT2D eigenvalue weighted by molar-refractivity contribution is -0.114. The zero-order valence-electron chi connectivity index (χ0n) is 21.8. The third-order valence-electron chi connectivity index (χ3n) is 6.56. The van der Waals surface area contributed by atoms with Crippen molar-refractivity contribution in [3.63, 3.8) is 0 Å². The van der Waals surface area contributed by atoms with Crippen molar-refractivity contribution in [2.75, 3.05) is 33.8 Å². The molecule has 4 aromatic rings. The molecule has 10 heteroatoms. The number of carbonyl (C=O) groups excluding carboxylic acids is 1. The van der Waals surface area contributed by atoms with E-state index >= 15 is 0 Å². The summed E-state index contributed by atoms with van der Waals surface area (Å²) in [4.78, 5) is 17.7. The maximum atomic E-state index is 11.7. The van der Waals surface area contributed by atoms with Gasteiger partial charge in [0.2, 0.25) is 11.7 Å². The first-order valence-electron chi connectivity index (χ1n) is 12.0. The number of hydrogen-bond donors (Lipinski definition) is 1. The van der Waals surface area contributed by atoms with Gasteiger partial charge in [-0.1, -0.05) is 12.1 Å². The number of carbonyl (C=O) groups is 1. The lowest BCUT2D eigenvalue weighted by Crippen LogP contribution is -2.05. The fraction of sp³-hybridized carbons (Fsp3) is 0.286. The monoisotopic (exact) mass is 597 g/mol. The molecule has 0 saturated heterocycles. The van der Waals surface area contributed by atoms with E-state index in [2.05, 4.69) is 37.9 Å². The SMILES string of the molecule is COc1ccc(Cn2c(Br)c3c(c2-c2cc(OC)c(OC)c(OC)c2)CCc2sc(NC(C)=O)nc2-3)cc1. The van der Waals surface area contributed by atoms with Gasteiger partial charge in [-0.15, -0.1) is 11.3 Å². The van der Waals surface area contributed by atoms with Gasteiger partial charge in [-0.3, -0.25) is 4.79 Å². The molecular weight excluding hydrogens is 570 g/mol. The zero-order chi connectivity index (χ0) is 27.0. The van der Waals surface area contributed by atoms with Crippen molar-refractivity contribution in [1.29, 1.82) is 0 Å². The number of amides is 1. The highest BCUT2D eigenvalue weighted by atomic mass is 79.9. The van der Waals surface area contributed by atoms with Crippen LogP contribution in [0.5, 0.6) is 23.0 Å². The van der Waals surface area contributed by atoms with E-state index in [1.165, 1.54) is 23.8 Å². The third kappa shape index (κ3) is 4.63. The number of hydrogen-bond acceptors (Lipinski definition) is 7. The summed E-state index contributed by atoms with van der Waals surface area (Å²) in [6, 6.07) is 12.0. The summed E-state index contributed by atoms with van der Waals surface area (Å²) in [7, 11) is 6.50. The molecule has 8 nitrogen and oxygen atoms in total. The summed E-state index contributed by atoms with van der Waals surface area (Å²) in [5, 5.41) is 3.46. The Morgan fingerprint density at radius 3 is 2.29 bits per heavy atom. The first-order chi connectivity index (χ1) is 18.4. The number of benzene rings is 2. The minimum atomic E-state index is -0.134. The average molecular weight is 599 g/mol. The summed E-state index contributed by atoms with van der Waals surface area (Å²) in [6.07, 6.45) is 1.65. The Morgan fingerprint density at radius 2 is 1.71 bits per heavy atom. The highest BCUT2D eigenvalue weighted by Gasteiger charge is 2.32. The lowest BCUT2D eigenvalue weighted by Gasteiger charge is -2.18. The van der Waals surface area contributed by atoms with Gasteiger partial charge >= 0.3 is 0 Å². The molecule has 1 N–H and O–H groups in total. The third-order valence-corrected chi connectivity index (χ3v) is 8.41. The largest absolute Gasteiger partial charge is 0.497 e. The van der Waals surface area contributed by atoms with E-state index in [1.54, 1.807) is 28.4 Å². The van der Waals surface area contributed by atoms with Crippen LogP contribution in [0.3, 0.4) is 0 Å². The molecule has 1 aliphatic carbocycles. The number of aromatic nitrogens is 2. The summed E-state index contributed by atoms with van der Waals surface area (Å²) in [6.45, 7) is 2.11. The molecule has 0 saturated carbocycles. The second-order valence-electron chi connectivity index (χ2n) is 8.81. The Labute approximate surface area is 233 Å². The molecule has 0 aliphatic heterocycles. The molecule has 2 aromatic carbocycles. The molecular formula is C28H28BrN3O5S. The van der Waals surface area contributed by atoms with Crippen LogP contribution in [0, 0.1) is 0 Å². The number of nitrogens with one attached hydrogen (secondary N) is 1. The Bertz CT molecular complexity index is 1480. The second kappa shape index (κ2) is 10.7. The maximum Gasteiger partial charge on any atom is 0.223 e. The van der Waals surface area contributed by atoms with Gasteiger partial charge in [-0.25, -0.2) is 4.98 Å². The van der Waals surface area contributed by atoms with Crippen LogP contribution in [0.1, 0.15) is 22.9 Å². The van der Waals surface area contributed by atoms with Crippen molar-refractivity contribution in [2.45, 2.75) is 26.3 Å². The minimum absolute atomic E-state index is 0.134. The van der Waals surface area contributed by atoms with Gasteiger partial charge in [0.05, 0.1) is 44.4 Å². The molecule has 0 spiro atoms. The fourth-order valence-electron chi connectivity index (χ4n) is 4.89. The normalized spacial score (nSPS) is 11.9. The zero-order valence-corrected chi connectivity index (χ0v) is 24.2. The standard InChI is InChI=1S/C28H28BrN3O5S/c1-15(33)30-28-31-24-22(38-28)11-10-19-23(24)27(29)32(14-16-6-8-18(34-2)9-7-16)25(19)17-12-20(35-3)26(37-5)21(13-17)36-4/h6-9,12-13H,10-11,14H2,1-5H3,(H,30,31,33). The molecule has 1 amide bonds. The molecule has 0 unspecified atom stereocenters. The number of anilines is 1. The number of methoxy groups -OCH3 is 4. The molecule has 0 radical (unpaired) electrons. The van der Waals surface area contributed by atoms with Crippen LogP contribution in [-0.2, 0) is 24.2 Å². The number of nitrogens with zero attached hydrogens (tertiary/aromatic N) is 2. The van der Waals surface area contributed by atoms with Crippen LogP contribution in [-0.4, -0.2) is 43.9 Å². The number of halogens is 1. The maximum absolute atomic E-state index is 11.7. The Balaban J connectivity index is 1.73. The molecule has 1 aliphatic rings. The van der Waals surface area contributed by atoms with Gasteiger partial charge in [0.15, 0.2) is 16.6 Å². The van der Waals surface area contributed by atoms with Crippen LogP contribution < -0.4 is 24.3 Å². The first kappa shape index (κ1) is 26.1. The fourth-order valence-corrected chi connectivity index (χ4v) is 6.64. The van der Waals surface area contributed by atoms with Gasteiger partial charge in [0, 0.05) is 29.5 Å². The van der Waals surface area contributed by atoms with Crippen molar-refractivity contribution in [2.24, 2.45) is 0 Å². The predicted molar refractivity (Wildman–Crippen MR) is 152 cm³/mol. The number of ether oxygens (including phenoxy) is 4. The number of fused-ring (bicyclic) bond motifs is 3. The van der Waals surface area contributed by atoms with Crippen molar-refractivity contribution in [3.8, 4) is 45.5 Å². The molecule has 0 atom stereocenters. The Hall–Kier alpha value is -3.50. The van der Waals surface area contributed by atoms with Gasteiger partial charge < -0.3 is 28.8 Å². The highest BCUT2D eigenvalue weighted by Crippen LogP contribution is 2.50. The lowest BCUT2D eigenvalue weighted by atomic mass is 9.93. The second-order valence-corrected chi connectivity index (χ2v) is 10.6. The molecule has 5 rings (SSSR count). The topological polar surface area (TPSA) is 83.8 Å². The smallest absolute Gasteiger partial charge is 0.223 e. The average Bonchev–Trinajstić information content (AvgIpc) is 3.45. The van der Waals surface area contributed by atoms with Crippen LogP contribution in [0.4, 0.5) is 5.13 Å². The molecule has 0 bridgehead atoms. The van der Waals surface area contributed by atoms with Crippen LogP contribution in [0.25, 0.3) is 22.5 Å². The van der Waals surface area contributed by atoms with Crippen molar-refractivity contribution in [1.82, 2.24) is 9.55 Å². The van der Waals surface area contributed by atoms with E-state index in [4.69, 9.17) is 23.9 Å². The molecule has 198 valence electrons. The van der Waals surface area contributed by atoms with Crippen LogP contribution in [0.15, 0.2) is 41.0 Å². The Kier molecular flexibility index (Phi) is 7.36. The van der Waals surface area contributed by atoms with E-state index in [1.807, 2.05) is 24.3 Å². The van der Waals surface area contributed by atoms with E-state index in [0.29, 0.717) is 28.9 Å². The van der Waals surface area contributed by atoms with Gasteiger partial charge in [-0.2, -0.15) is 0 Å². The van der Waals surface area contributed by atoms with E-state index < -0.39 is 0 Å². The molecule has 2 heterocycles. The minimum Gasteiger partial charge on any atom is -0.497 e. The van der Waals surface area contributed by atoms with Crippen LogP contribution >= 0.6 is 27.3 Å². The van der Waals surface area contributed by atoms with E-state index in [9.17, 15) is 4.79 Å². The number of thiazole rings is 1. The molecule has 38 heavy (non-hydrogen) atoms. The predicted octanol–water partition coefficient (Wildman–Crippen LogP) is 6.18. The van der Waals surface area contributed by atoms with Gasteiger partial charge in [0.25, 0.3) is 0 Å². The molecule has 0 fully saturated rings. The summed E-state index contributed by atoms with van der Waals surface area (Å²) >= 11 is 5.46. The van der Waals surface area contributed by atoms with E-state index in [0.717, 1.165) is 56.1 Å². The molecule has 2 aromatic heterocycles. The summed E-state index contributed by atoms with van der Waals surface area (Å²) < 4.78 is 25.5. The van der Waals surface area contributed by atoms with Crippen molar-refractivity contribution < 1.29 is 23.7 Å². The van der Waals surface area contributed by atoms with Crippen molar-refractivity contribution >= 4 is 38.3 Å². The highest BCUT2D eigenvalue weighted by molar-refractivity contribution is 9.10. The first-order valence-corrected chi connectivity index (χ1v) is 13.6. The van der Waals surface area contributed by atoms with E-state index in [-0.39, 0.29) is 5.91 Å².